The summed E-state index contributed by atoms with van der Waals surface area (Å²) in [5.41, 5.74) is 1.27. The van der Waals surface area contributed by atoms with E-state index in [1.165, 1.54) is 12.1 Å². The molecule has 2 aromatic carbocycles. The lowest BCUT2D eigenvalue weighted by atomic mass is 9.96. The molecule has 0 N–H and O–H groups in total. The van der Waals surface area contributed by atoms with Gasteiger partial charge in [0.05, 0.1) is 6.61 Å². The Kier molecular flexibility index (Phi) is 5.56. The van der Waals surface area contributed by atoms with Crippen LogP contribution in [0.4, 0.5) is 4.39 Å². The number of fused-ring (bicyclic) bond motifs is 1. The van der Waals surface area contributed by atoms with Gasteiger partial charge in [-0.2, -0.15) is 5.26 Å². The van der Waals surface area contributed by atoms with Gasteiger partial charge in [-0.1, -0.05) is 12.1 Å². The number of hydrogen-bond acceptors (Lipinski definition) is 4. The van der Waals surface area contributed by atoms with E-state index in [2.05, 4.69) is 11.0 Å². The quantitative estimate of drug-likeness (QED) is 0.549. The molecule has 5 nitrogen and oxygen atoms in total. The summed E-state index contributed by atoms with van der Waals surface area (Å²) >= 11 is 0. The molecule has 1 heterocycles. The van der Waals surface area contributed by atoms with E-state index in [0.717, 1.165) is 25.8 Å². The zero-order valence-corrected chi connectivity index (χ0v) is 17.2. The minimum atomic E-state index is -0.384. The first-order chi connectivity index (χ1) is 14.5. The molecule has 1 saturated carbocycles. The van der Waals surface area contributed by atoms with Crippen LogP contribution in [0.5, 0.6) is 5.75 Å². The van der Waals surface area contributed by atoms with Crippen molar-refractivity contribution in [1.29, 1.82) is 5.26 Å². The molecule has 154 valence electrons. The van der Waals surface area contributed by atoms with Crippen molar-refractivity contribution in [3.8, 4) is 22.9 Å². The number of rotatable bonds is 7. The van der Waals surface area contributed by atoms with Crippen LogP contribution in [0.1, 0.15) is 31.0 Å². The third kappa shape index (κ3) is 3.94. The Morgan fingerprint density at radius 1 is 1.20 bits per heavy atom. The number of hydrogen-bond donors (Lipinski definition) is 0. The molecule has 0 bridgehead atoms. The highest BCUT2D eigenvalue weighted by atomic mass is 19.1. The van der Waals surface area contributed by atoms with Gasteiger partial charge in [-0.15, -0.1) is 0 Å². The first-order valence-corrected chi connectivity index (χ1v) is 10.2. The van der Waals surface area contributed by atoms with Crippen LogP contribution in [0.15, 0.2) is 47.3 Å². The van der Waals surface area contributed by atoms with Gasteiger partial charge in [-0.3, -0.25) is 9.36 Å². The summed E-state index contributed by atoms with van der Waals surface area (Å²) in [5, 5.41) is 11.1. The van der Waals surface area contributed by atoms with Crippen molar-refractivity contribution >= 4 is 10.8 Å². The molecule has 0 amide bonds. The maximum Gasteiger partial charge on any atom is 0.259 e. The average molecular weight is 405 g/mol. The minimum Gasteiger partial charge on any atom is -0.494 e. The molecule has 0 aliphatic heterocycles. The summed E-state index contributed by atoms with van der Waals surface area (Å²) < 4.78 is 21.5. The fraction of sp³-hybridized carbons (Fsp3) is 0.333. The molecule has 0 spiro atoms. The Morgan fingerprint density at radius 3 is 2.67 bits per heavy atom. The second-order valence-corrected chi connectivity index (χ2v) is 7.96. The predicted octanol–water partition coefficient (Wildman–Crippen LogP) is 4.34. The first-order valence-electron chi connectivity index (χ1n) is 10.2. The summed E-state index contributed by atoms with van der Waals surface area (Å²) in [6, 6.07) is 13.7. The molecule has 30 heavy (non-hydrogen) atoms. The third-order valence-electron chi connectivity index (χ3n) is 5.34. The van der Waals surface area contributed by atoms with Gasteiger partial charge in [0.1, 0.15) is 23.3 Å². The molecular formula is C24H24FN3O2. The van der Waals surface area contributed by atoms with Crippen LogP contribution in [-0.2, 0) is 0 Å². The van der Waals surface area contributed by atoms with Crippen molar-refractivity contribution in [2.75, 3.05) is 27.2 Å². The second kappa shape index (κ2) is 8.29. The zero-order valence-electron chi connectivity index (χ0n) is 17.2. The summed E-state index contributed by atoms with van der Waals surface area (Å²) in [6.45, 7) is 1.45. The molecule has 6 heteroatoms. The monoisotopic (exact) mass is 405 g/mol. The van der Waals surface area contributed by atoms with Gasteiger partial charge in [0.15, 0.2) is 0 Å². The lowest BCUT2D eigenvalue weighted by Crippen LogP contribution is -2.23. The van der Waals surface area contributed by atoms with Crippen LogP contribution >= 0.6 is 0 Å². The molecule has 1 aromatic heterocycles. The van der Waals surface area contributed by atoms with Gasteiger partial charge in [0.25, 0.3) is 5.56 Å². The van der Waals surface area contributed by atoms with Gasteiger partial charge >= 0.3 is 0 Å². The van der Waals surface area contributed by atoms with E-state index in [1.54, 1.807) is 34.9 Å². The molecule has 0 radical (unpaired) electrons. The Hall–Kier alpha value is -3.17. The van der Waals surface area contributed by atoms with Crippen molar-refractivity contribution in [3.05, 3.63) is 64.3 Å². The number of ether oxygens (including phenoxy) is 1. The van der Waals surface area contributed by atoms with Crippen LogP contribution < -0.4 is 10.3 Å². The van der Waals surface area contributed by atoms with Gasteiger partial charge in [0.2, 0.25) is 0 Å². The lowest BCUT2D eigenvalue weighted by molar-refractivity contribution is 0.282. The second-order valence-electron chi connectivity index (χ2n) is 7.96. The number of nitrogens with zero attached hydrogens (tertiary/aromatic N) is 3. The third-order valence-corrected chi connectivity index (χ3v) is 5.34. The highest BCUT2D eigenvalue weighted by Crippen LogP contribution is 2.39. The van der Waals surface area contributed by atoms with Crippen LogP contribution in [0.25, 0.3) is 21.9 Å². The van der Waals surface area contributed by atoms with Crippen LogP contribution in [-0.4, -0.2) is 36.7 Å². The number of halogens is 1. The number of benzene rings is 2. The van der Waals surface area contributed by atoms with E-state index in [1.807, 2.05) is 14.1 Å². The minimum absolute atomic E-state index is 0.0332. The Labute approximate surface area is 174 Å². The van der Waals surface area contributed by atoms with E-state index >= 15 is 0 Å². The van der Waals surface area contributed by atoms with Gasteiger partial charge in [-0.05, 0) is 69.3 Å². The van der Waals surface area contributed by atoms with E-state index in [0.29, 0.717) is 34.3 Å². The highest BCUT2D eigenvalue weighted by molar-refractivity contribution is 5.99. The highest BCUT2D eigenvalue weighted by Gasteiger charge is 2.30. The molecule has 3 aromatic rings. The van der Waals surface area contributed by atoms with Crippen molar-refractivity contribution in [2.45, 2.75) is 25.3 Å². The summed E-state index contributed by atoms with van der Waals surface area (Å²) in [4.78, 5) is 15.3. The van der Waals surface area contributed by atoms with Crippen LogP contribution in [0.2, 0.25) is 0 Å². The van der Waals surface area contributed by atoms with Crippen LogP contribution in [0.3, 0.4) is 0 Å². The van der Waals surface area contributed by atoms with Gasteiger partial charge < -0.3 is 9.64 Å². The Bertz CT molecular complexity index is 1190. The van der Waals surface area contributed by atoms with Crippen molar-refractivity contribution in [3.63, 3.8) is 0 Å². The fourth-order valence-electron chi connectivity index (χ4n) is 3.78. The van der Waals surface area contributed by atoms with E-state index in [9.17, 15) is 14.4 Å². The molecule has 0 unspecified atom stereocenters. The predicted molar refractivity (Wildman–Crippen MR) is 115 cm³/mol. The molecule has 0 saturated heterocycles. The molecule has 0 atom stereocenters. The number of nitriles is 1. The fourth-order valence-corrected chi connectivity index (χ4v) is 3.78. The average Bonchev–Trinajstić information content (AvgIpc) is 3.55. The standard InChI is InChI=1S/C24H24FN3O2/c1-27(2)11-4-12-30-19-9-10-20-21(14-19)23(16-5-3-6-17(25)13-16)22(15-26)28(24(20)29)18-7-8-18/h3,5-6,9-10,13-14,18H,4,7-8,11-12H2,1-2H3. The lowest BCUT2D eigenvalue weighted by Gasteiger charge is -2.17. The molecule has 1 aliphatic carbocycles. The molecule has 1 aliphatic rings. The van der Waals surface area contributed by atoms with Gasteiger partial charge in [0, 0.05) is 28.9 Å². The largest absolute Gasteiger partial charge is 0.494 e. The molecule has 1 fully saturated rings. The van der Waals surface area contributed by atoms with E-state index in [4.69, 9.17) is 4.74 Å². The smallest absolute Gasteiger partial charge is 0.259 e. The SMILES string of the molecule is CN(C)CCCOc1ccc2c(=O)n(C3CC3)c(C#N)c(-c3cccc(F)c3)c2c1. The maximum absolute atomic E-state index is 14.0. The zero-order chi connectivity index (χ0) is 21.3. The first kappa shape index (κ1) is 20.1. The summed E-state index contributed by atoms with van der Waals surface area (Å²) in [6.07, 6.45) is 2.61. The summed E-state index contributed by atoms with van der Waals surface area (Å²) in [5.74, 6) is 0.246. The number of pyridine rings is 1. The van der Waals surface area contributed by atoms with Crippen molar-refractivity contribution in [1.82, 2.24) is 9.47 Å². The molecular weight excluding hydrogens is 381 g/mol. The molecule has 4 rings (SSSR count). The number of aromatic nitrogens is 1. The Morgan fingerprint density at radius 2 is 2.00 bits per heavy atom. The van der Waals surface area contributed by atoms with Gasteiger partial charge in [-0.25, -0.2) is 4.39 Å². The van der Waals surface area contributed by atoms with Crippen molar-refractivity contribution in [2.24, 2.45) is 0 Å². The van der Waals surface area contributed by atoms with E-state index in [-0.39, 0.29) is 23.1 Å². The van der Waals surface area contributed by atoms with Crippen LogP contribution in [0, 0.1) is 17.1 Å². The Balaban J connectivity index is 1.88. The maximum atomic E-state index is 14.0. The van der Waals surface area contributed by atoms with E-state index < -0.39 is 0 Å². The topological polar surface area (TPSA) is 58.3 Å². The normalized spacial score (nSPS) is 13.6. The summed E-state index contributed by atoms with van der Waals surface area (Å²) in [7, 11) is 4.02. The van der Waals surface area contributed by atoms with Crippen molar-refractivity contribution < 1.29 is 9.13 Å².